The topological polar surface area (TPSA) is 38.9 Å². The van der Waals surface area contributed by atoms with Crippen molar-refractivity contribution in [2.45, 2.75) is 0 Å². The fourth-order valence-corrected chi connectivity index (χ4v) is 8.23. The third-order valence-electron chi connectivity index (χ3n) is 10.9. The molecule has 2 heterocycles. The fraction of sp³-hybridized carbons (Fsp3) is 0. The lowest BCUT2D eigenvalue weighted by Crippen LogP contribution is -1.96. The minimum Gasteiger partial charge on any atom is -0.456 e. The molecule has 9 aromatic carbocycles. The SMILES string of the molecule is c1ccc(-c2cc(-c3ccc(-c4cccc5oc6ccccc6c45)cc3)nc(-c3ccc(-c4c5ccccc5cc5c4ccc4ccccc45)cc3)n2)cc1. The lowest BCUT2D eigenvalue weighted by molar-refractivity contribution is 0.669. The molecule has 3 nitrogen and oxygen atoms in total. The van der Waals surface area contributed by atoms with Gasteiger partial charge in [0, 0.05) is 27.5 Å². The van der Waals surface area contributed by atoms with E-state index < -0.39 is 0 Å². The van der Waals surface area contributed by atoms with Crippen LogP contribution in [0.15, 0.2) is 199 Å². The zero-order valence-corrected chi connectivity index (χ0v) is 29.8. The van der Waals surface area contributed by atoms with E-state index in [0.29, 0.717) is 5.82 Å². The lowest BCUT2D eigenvalue weighted by atomic mass is 9.89. The molecule has 0 N–H and O–H groups in total. The molecule has 0 atom stereocenters. The molecule has 0 saturated heterocycles. The Morgan fingerprint density at radius 2 is 0.927 bits per heavy atom. The summed E-state index contributed by atoms with van der Waals surface area (Å²) in [7, 11) is 0. The summed E-state index contributed by atoms with van der Waals surface area (Å²) in [5.74, 6) is 0.690. The van der Waals surface area contributed by atoms with Crippen molar-refractivity contribution in [3.63, 3.8) is 0 Å². The summed E-state index contributed by atoms with van der Waals surface area (Å²) in [6, 6.07) is 68.6. The van der Waals surface area contributed by atoms with Crippen LogP contribution in [0, 0.1) is 0 Å². The number of para-hydroxylation sites is 1. The molecule has 0 aliphatic carbocycles. The molecule has 0 aliphatic rings. The molecule has 11 aromatic rings. The maximum absolute atomic E-state index is 6.19. The van der Waals surface area contributed by atoms with Gasteiger partial charge in [-0.3, -0.25) is 0 Å². The second kappa shape index (κ2) is 12.6. The number of hydrogen-bond acceptors (Lipinski definition) is 3. The Morgan fingerprint density at radius 1 is 0.327 bits per heavy atom. The molecule has 0 bridgehead atoms. The van der Waals surface area contributed by atoms with Crippen LogP contribution in [0.5, 0.6) is 0 Å². The maximum atomic E-state index is 6.19. The molecule has 0 unspecified atom stereocenters. The summed E-state index contributed by atoms with van der Waals surface area (Å²) in [5.41, 5.74) is 11.3. The summed E-state index contributed by atoms with van der Waals surface area (Å²) >= 11 is 0. The molecule has 3 heteroatoms. The summed E-state index contributed by atoms with van der Waals surface area (Å²) in [5, 5.41) is 9.75. The Hall–Kier alpha value is -7.36. The summed E-state index contributed by atoms with van der Waals surface area (Å²) in [4.78, 5) is 10.3. The normalized spacial score (nSPS) is 11.6. The second-order valence-electron chi connectivity index (χ2n) is 14.1. The molecule has 11 rings (SSSR count). The first-order valence-electron chi connectivity index (χ1n) is 18.6. The van der Waals surface area contributed by atoms with Crippen molar-refractivity contribution >= 4 is 54.3 Å². The quantitative estimate of drug-likeness (QED) is 0.133. The van der Waals surface area contributed by atoms with Crippen LogP contribution < -0.4 is 0 Å². The van der Waals surface area contributed by atoms with Crippen molar-refractivity contribution in [1.82, 2.24) is 9.97 Å². The van der Waals surface area contributed by atoms with E-state index in [1.54, 1.807) is 0 Å². The van der Waals surface area contributed by atoms with Crippen LogP contribution in [0.4, 0.5) is 0 Å². The first-order valence-corrected chi connectivity index (χ1v) is 18.6. The van der Waals surface area contributed by atoms with Gasteiger partial charge in [0.2, 0.25) is 0 Å². The van der Waals surface area contributed by atoms with Gasteiger partial charge < -0.3 is 4.42 Å². The van der Waals surface area contributed by atoms with Gasteiger partial charge in [0.05, 0.1) is 11.4 Å². The predicted octanol–water partition coefficient (Wildman–Crippen LogP) is 14.2. The Morgan fingerprint density at radius 3 is 1.73 bits per heavy atom. The standard InChI is InChI=1S/C52H32N2O/c1-2-12-35(13-3-1)46-32-47(36-23-21-34(22-24-36)41-18-10-20-49-51(41)44-17-8-9-19-48(44)55-49)54-52(53-46)38-27-25-37(26-28-38)50-42-16-7-5-14-39(42)31-45-40-15-6-4-11-33(40)29-30-43(45)50/h1-32H. The van der Waals surface area contributed by atoms with Crippen molar-refractivity contribution in [3.05, 3.63) is 194 Å². The first kappa shape index (κ1) is 31.2. The van der Waals surface area contributed by atoms with Crippen LogP contribution in [-0.4, -0.2) is 9.97 Å². The number of rotatable bonds is 5. The highest BCUT2D eigenvalue weighted by atomic mass is 16.3. The third-order valence-corrected chi connectivity index (χ3v) is 10.9. The van der Waals surface area contributed by atoms with Crippen LogP contribution in [0.25, 0.3) is 110 Å². The number of fused-ring (bicyclic) bond motifs is 7. The van der Waals surface area contributed by atoms with Gasteiger partial charge in [0.25, 0.3) is 0 Å². The molecule has 0 saturated carbocycles. The molecule has 0 aliphatic heterocycles. The van der Waals surface area contributed by atoms with E-state index in [1.807, 2.05) is 24.3 Å². The molecular formula is C52H32N2O. The molecule has 0 spiro atoms. The van der Waals surface area contributed by atoms with E-state index in [4.69, 9.17) is 14.4 Å². The van der Waals surface area contributed by atoms with E-state index in [2.05, 4.69) is 170 Å². The first-order chi connectivity index (χ1) is 27.2. The Labute approximate surface area is 317 Å². The van der Waals surface area contributed by atoms with Gasteiger partial charge in [-0.25, -0.2) is 9.97 Å². The molecule has 0 radical (unpaired) electrons. The van der Waals surface area contributed by atoms with Crippen molar-refractivity contribution in [2.75, 3.05) is 0 Å². The van der Waals surface area contributed by atoms with Gasteiger partial charge in [-0.1, -0.05) is 170 Å². The zero-order chi connectivity index (χ0) is 36.3. The lowest BCUT2D eigenvalue weighted by Gasteiger charge is -2.15. The zero-order valence-electron chi connectivity index (χ0n) is 29.8. The average molecular weight is 701 g/mol. The number of benzene rings is 9. The van der Waals surface area contributed by atoms with Crippen LogP contribution in [-0.2, 0) is 0 Å². The largest absolute Gasteiger partial charge is 0.456 e. The third kappa shape index (κ3) is 5.28. The Balaban J connectivity index is 1.02. The van der Waals surface area contributed by atoms with Crippen molar-refractivity contribution in [1.29, 1.82) is 0 Å². The summed E-state index contributed by atoms with van der Waals surface area (Å²) < 4.78 is 6.19. The number of furan rings is 1. The van der Waals surface area contributed by atoms with E-state index in [9.17, 15) is 0 Å². The van der Waals surface area contributed by atoms with Gasteiger partial charge >= 0.3 is 0 Å². The van der Waals surface area contributed by atoms with E-state index >= 15 is 0 Å². The van der Waals surface area contributed by atoms with Crippen LogP contribution in [0.2, 0.25) is 0 Å². The number of aromatic nitrogens is 2. The van der Waals surface area contributed by atoms with Crippen LogP contribution in [0.3, 0.4) is 0 Å². The molecule has 256 valence electrons. The highest BCUT2D eigenvalue weighted by molar-refractivity contribution is 6.20. The monoisotopic (exact) mass is 700 g/mol. The highest BCUT2D eigenvalue weighted by Gasteiger charge is 2.16. The molecule has 0 amide bonds. The number of nitrogens with zero attached hydrogens (tertiary/aromatic N) is 2. The molecule has 0 fully saturated rings. The minimum absolute atomic E-state index is 0.690. The maximum Gasteiger partial charge on any atom is 0.160 e. The van der Waals surface area contributed by atoms with Crippen molar-refractivity contribution < 1.29 is 4.42 Å². The van der Waals surface area contributed by atoms with Crippen LogP contribution in [0.1, 0.15) is 0 Å². The van der Waals surface area contributed by atoms with Gasteiger partial charge in [0.15, 0.2) is 5.82 Å². The minimum atomic E-state index is 0.690. The molecule has 55 heavy (non-hydrogen) atoms. The summed E-state index contributed by atoms with van der Waals surface area (Å²) in [6.07, 6.45) is 0. The van der Waals surface area contributed by atoms with Gasteiger partial charge in [-0.05, 0) is 78.8 Å². The fourth-order valence-electron chi connectivity index (χ4n) is 8.23. The van der Waals surface area contributed by atoms with Gasteiger partial charge in [-0.15, -0.1) is 0 Å². The van der Waals surface area contributed by atoms with E-state index in [1.165, 1.54) is 37.9 Å². The van der Waals surface area contributed by atoms with E-state index in [0.717, 1.165) is 66.7 Å². The van der Waals surface area contributed by atoms with Gasteiger partial charge in [-0.2, -0.15) is 0 Å². The van der Waals surface area contributed by atoms with Gasteiger partial charge in [0.1, 0.15) is 11.2 Å². The van der Waals surface area contributed by atoms with Crippen molar-refractivity contribution in [2.24, 2.45) is 0 Å². The molecular weight excluding hydrogens is 669 g/mol. The van der Waals surface area contributed by atoms with E-state index in [-0.39, 0.29) is 0 Å². The van der Waals surface area contributed by atoms with Crippen molar-refractivity contribution in [3.8, 4) is 56.2 Å². The number of hydrogen-bond donors (Lipinski definition) is 0. The molecule has 2 aromatic heterocycles. The Kier molecular flexibility index (Phi) is 7.17. The second-order valence-corrected chi connectivity index (χ2v) is 14.1. The highest BCUT2D eigenvalue weighted by Crippen LogP contribution is 2.41. The van der Waals surface area contributed by atoms with Crippen LogP contribution >= 0.6 is 0 Å². The smallest absolute Gasteiger partial charge is 0.160 e. The Bertz CT molecular complexity index is 3230. The average Bonchev–Trinajstić information content (AvgIpc) is 3.65. The predicted molar refractivity (Wildman–Crippen MR) is 229 cm³/mol. The summed E-state index contributed by atoms with van der Waals surface area (Å²) in [6.45, 7) is 0.